The third-order valence-corrected chi connectivity index (χ3v) is 5.82. The van der Waals surface area contributed by atoms with Crippen LogP contribution < -0.4 is 5.56 Å². The van der Waals surface area contributed by atoms with Crippen LogP contribution in [0.4, 0.5) is 8.78 Å². The quantitative estimate of drug-likeness (QED) is 0.516. The number of piperidine rings is 1. The van der Waals surface area contributed by atoms with E-state index in [1.165, 1.54) is 11.1 Å². The number of nitrogens with one attached hydrogen (secondary N) is 1. The van der Waals surface area contributed by atoms with Crippen LogP contribution in [-0.4, -0.2) is 39.8 Å². The van der Waals surface area contributed by atoms with Gasteiger partial charge in [-0.25, -0.2) is 8.78 Å². The van der Waals surface area contributed by atoms with Gasteiger partial charge in [0.1, 0.15) is 0 Å². The summed E-state index contributed by atoms with van der Waals surface area (Å²) in [5, 5.41) is 2.23. The predicted molar refractivity (Wildman–Crippen MR) is 115 cm³/mol. The number of hydrogen-bond donors (Lipinski definition) is 1. The summed E-state index contributed by atoms with van der Waals surface area (Å²) in [6.45, 7) is 0.0836. The van der Waals surface area contributed by atoms with Gasteiger partial charge in [-0.2, -0.15) is 0 Å². The van der Waals surface area contributed by atoms with Crippen LogP contribution in [0.1, 0.15) is 23.2 Å². The van der Waals surface area contributed by atoms with Crippen molar-refractivity contribution in [3.8, 4) is 11.1 Å². The van der Waals surface area contributed by atoms with Gasteiger partial charge in [-0.3, -0.25) is 14.6 Å². The number of aromatic nitrogens is 2. The number of pyridine rings is 2. The number of para-hydroxylation sites is 1. The van der Waals surface area contributed by atoms with Gasteiger partial charge in [-0.05, 0) is 35.2 Å². The van der Waals surface area contributed by atoms with E-state index in [-0.39, 0.29) is 37.4 Å². The van der Waals surface area contributed by atoms with E-state index in [4.69, 9.17) is 0 Å². The molecule has 0 bridgehead atoms. The second-order valence-corrected chi connectivity index (χ2v) is 7.86. The Labute approximate surface area is 176 Å². The number of rotatable bonds is 2. The maximum atomic E-state index is 13.4. The molecule has 5 nitrogen and oxygen atoms in total. The third-order valence-electron chi connectivity index (χ3n) is 5.82. The molecule has 1 amide bonds. The average molecular weight is 419 g/mol. The molecule has 3 heterocycles. The summed E-state index contributed by atoms with van der Waals surface area (Å²) in [4.78, 5) is 33.4. The molecule has 2 aromatic carbocycles. The second kappa shape index (κ2) is 7.27. The number of amides is 1. The third kappa shape index (κ3) is 3.56. The van der Waals surface area contributed by atoms with Crippen LogP contribution in [0.15, 0.2) is 65.7 Å². The lowest BCUT2D eigenvalue weighted by Gasteiger charge is -2.31. The highest BCUT2D eigenvalue weighted by Gasteiger charge is 2.35. The Balaban J connectivity index is 1.51. The summed E-state index contributed by atoms with van der Waals surface area (Å²) >= 11 is 0. The lowest BCUT2D eigenvalue weighted by Crippen LogP contribution is -2.42. The van der Waals surface area contributed by atoms with Gasteiger partial charge >= 0.3 is 0 Å². The van der Waals surface area contributed by atoms with Gasteiger partial charge in [0.2, 0.25) is 0 Å². The summed E-state index contributed by atoms with van der Waals surface area (Å²) in [6.07, 6.45) is 2.50. The van der Waals surface area contributed by atoms with Crippen LogP contribution in [0.25, 0.3) is 32.8 Å². The number of likely N-dealkylation sites (tertiary alicyclic amines) is 1. The SMILES string of the molecule is O=C(c1cnc2c(-c3ccc4c(=O)[nH]ccc4c3)cccc2c1)N1CCC(F)(F)CC1. The highest BCUT2D eigenvalue weighted by Crippen LogP contribution is 2.31. The minimum absolute atomic E-state index is 0.0418. The summed E-state index contributed by atoms with van der Waals surface area (Å²) < 4.78 is 26.8. The molecule has 0 atom stereocenters. The zero-order valence-electron chi connectivity index (χ0n) is 16.6. The summed E-state index contributed by atoms with van der Waals surface area (Å²) in [6, 6.07) is 14.9. The number of carbonyl (C=O) groups is 1. The zero-order valence-corrected chi connectivity index (χ0v) is 16.6. The Bertz CT molecular complexity index is 1370. The number of carbonyl (C=O) groups excluding carboxylic acids is 1. The van der Waals surface area contributed by atoms with E-state index in [9.17, 15) is 18.4 Å². The van der Waals surface area contributed by atoms with Gasteiger partial charge in [-0.15, -0.1) is 0 Å². The Kier molecular flexibility index (Phi) is 4.54. The molecule has 7 heteroatoms. The van der Waals surface area contributed by atoms with E-state index < -0.39 is 5.92 Å². The average Bonchev–Trinajstić information content (AvgIpc) is 2.78. The normalized spacial score (nSPS) is 16.0. The van der Waals surface area contributed by atoms with Crippen molar-refractivity contribution in [2.45, 2.75) is 18.8 Å². The molecule has 5 rings (SSSR count). The largest absolute Gasteiger partial charge is 0.338 e. The van der Waals surface area contributed by atoms with Crippen molar-refractivity contribution < 1.29 is 13.6 Å². The van der Waals surface area contributed by atoms with Gasteiger partial charge in [0, 0.05) is 54.7 Å². The van der Waals surface area contributed by atoms with Gasteiger partial charge in [0.05, 0.1) is 11.1 Å². The molecule has 1 aliphatic rings. The Morgan fingerprint density at radius 2 is 1.84 bits per heavy atom. The monoisotopic (exact) mass is 419 g/mol. The Hall–Kier alpha value is -3.61. The van der Waals surface area contributed by atoms with Crippen LogP contribution in [0.5, 0.6) is 0 Å². The number of hydrogen-bond acceptors (Lipinski definition) is 3. The first kappa shape index (κ1) is 19.4. The van der Waals surface area contributed by atoms with Crippen molar-refractivity contribution in [2.24, 2.45) is 0 Å². The molecule has 0 saturated carbocycles. The summed E-state index contributed by atoms with van der Waals surface area (Å²) in [5.74, 6) is -2.97. The highest BCUT2D eigenvalue weighted by atomic mass is 19.3. The van der Waals surface area contributed by atoms with E-state index in [1.54, 1.807) is 18.3 Å². The van der Waals surface area contributed by atoms with Crippen molar-refractivity contribution in [2.75, 3.05) is 13.1 Å². The number of aromatic amines is 1. The smallest absolute Gasteiger partial charge is 0.255 e. The number of H-pyrrole nitrogens is 1. The van der Waals surface area contributed by atoms with Crippen LogP contribution in [0, 0.1) is 0 Å². The van der Waals surface area contributed by atoms with Crippen molar-refractivity contribution in [3.05, 3.63) is 76.8 Å². The molecule has 4 aromatic rings. The fourth-order valence-corrected chi connectivity index (χ4v) is 4.09. The van der Waals surface area contributed by atoms with Crippen LogP contribution in [-0.2, 0) is 0 Å². The van der Waals surface area contributed by atoms with Crippen molar-refractivity contribution in [3.63, 3.8) is 0 Å². The molecule has 0 radical (unpaired) electrons. The van der Waals surface area contributed by atoms with Crippen molar-refractivity contribution in [1.82, 2.24) is 14.9 Å². The van der Waals surface area contributed by atoms with Crippen molar-refractivity contribution >= 4 is 27.6 Å². The number of nitrogens with zero attached hydrogens (tertiary/aromatic N) is 2. The molecule has 1 saturated heterocycles. The van der Waals surface area contributed by atoms with Gasteiger partial charge < -0.3 is 9.88 Å². The first-order chi connectivity index (χ1) is 14.9. The molecular formula is C24H19F2N3O2. The van der Waals surface area contributed by atoms with E-state index in [2.05, 4.69) is 9.97 Å². The lowest BCUT2D eigenvalue weighted by atomic mass is 9.99. The topological polar surface area (TPSA) is 66.1 Å². The minimum Gasteiger partial charge on any atom is -0.338 e. The van der Waals surface area contributed by atoms with Crippen LogP contribution >= 0.6 is 0 Å². The molecule has 0 unspecified atom stereocenters. The fourth-order valence-electron chi connectivity index (χ4n) is 4.09. The molecule has 0 aliphatic carbocycles. The van der Waals surface area contributed by atoms with Crippen LogP contribution in [0.3, 0.4) is 0 Å². The molecule has 156 valence electrons. The van der Waals surface area contributed by atoms with Gasteiger partial charge in [0.15, 0.2) is 0 Å². The first-order valence-corrected chi connectivity index (χ1v) is 10.1. The van der Waals surface area contributed by atoms with E-state index in [0.717, 1.165) is 27.4 Å². The molecule has 0 spiro atoms. The number of halogens is 2. The van der Waals surface area contributed by atoms with E-state index in [1.807, 2.05) is 36.4 Å². The minimum atomic E-state index is -2.70. The predicted octanol–water partition coefficient (Wildman–Crippen LogP) is 4.61. The maximum absolute atomic E-state index is 13.4. The molecule has 2 aromatic heterocycles. The van der Waals surface area contributed by atoms with E-state index >= 15 is 0 Å². The van der Waals surface area contributed by atoms with Gasteiger partial charge in [-0.1, -0.05) is 24.3 Å². The fraction of sp³-hybridized carbons (Fsp3) is 0.208. The zero-order chi connectivity index (χ0) is 21.6. The lowest BCUT2D eigenvalue weighted by molar-refractivity contribution is -0.0494. The standard InChI is InChI=1S/C24H19F2N3O2/c25-24(26)7-10-29(11-8-24)23(31)18-13-17-2-1-3-19(21(17)28-14-18)15-4-5-20-16(12-15)6-9-27-22(20)30/h1-6,9,12-14H,7-8,10-11H2,(H,27,30). The van der Waals surface area contributed by atoms with E-state index in [0.29, 0.717) is 10.9 Å². The Morgan fingerprint density at radius 1 is 1.03 bits per heavy atom. The first-order valence-electron chi connectivity index (χ1n) is 10.1. The van der Waals surface area contributed by atoms with Crippen molar-refractivity contribution in [1.29, 1.82) is 0 Å². The highest BCUT2D eigenvalue weighted by molar-refractivity contribution is 6.01. The molecule has 1 fully saturated rings. The maximum Gasteiger partial charge on any atom is 0.255 e. The van der Waals surface area contributed by atoms with Crippen LogP contribution in [0.2, 0.25) is 0 Å². The molecular weight excluding hydrogens is 400 g/mol. The number of fused-ring (bicyclic) bond motifs is 2. The number of benzene rings is 2. The summed E-state index contributed by atoms with van der Waals surface area (Å²) in [7, 11) is 0. The molecule has 1 N–H and O–H groups in total. The second-order valence-electron chi connectivity index (χ2n) is 7.86. The number of alkyl halides is 2. The van der Waals surface area contributed by atoms with Gasteiger partial charge in [0.25, 0.3) is 17.4 Å². The Morgan fingerprint density at radius 3 is 2.65 bits per heavy atom. The molecule has 1 aliphatic heterocycles. The summed E-state index contributed by atoms with van der Waals surface area (Å²) in [5.41, 5.74) is 2.77. The molecule has 31 heavy (non-hydrogen) atoms.